The number of nitrogens with one attached hydrogen (secondary N) is 2. The molecule has 0 saturated carbocycles. The molecule has 164 valence electrons. The van der Waals surface area contributed by atoms with Gasteiger partial charge in [0.15, 0.2) is 5.96 Å². The normalized spacial score (nSPS) is 17.4. The van der Waals surface area contributed by atoms with Gasteiger partial charge in [-0.25, -0.2) is 0 Å². The van der Waals surface area contributed by atoms with E-state index in [2.05, 4.69) is 59.0 Å². The first-order chi connectivity index (χ1) is 14.7. The Hall–Kier alpha value is -2.09. The number of nitrogens with zero attached hydrogens (tertiary/aromatic N) is 2. The minimum absolute atomic E-state index is 0.268. The summed E-state index contributed by atoms with van der Waals surface area (Å²) in [7, 11) is 1.72. The van der Waals surface area contributed by atoms with Gasteiger partial charge in [-0.3, -0.25) is 9.89 Å². The number of para-hydroxylation sites is 1. The molecular formula is C23H34N4O2S. The van der Waals surface area contributed by atoms with Crippen molar-refractivity contribution in [2.75, 3.05) is 53.0 Å². The van der Waals surface area contributed by atoms with Gasteiger partial charge in [0, 0.05) is 43.5 Å². The molecule has 30 heavy (non-hydrogen) atoms. The van der Waals surface area contributed by atoms with Crippen LogP contribution >= 0.6 is 11.3 Å². The molecule has 2 atom stereocenters. The van der Waals surface area contributed by atoms with Crippen molar-refractivity contribution in [3.63, 3.8) is 0 Å². The van der Waals surface area contributed by atoms with Crippen molar-refractivity contribution >= 4 is 17.3 Å². The molecule has 1 aliphatic heterocycles. The van der Waals surface area contributed by atoms with E-state index in [0.717, 1.165) is 51.1 Å². The van der Waals surface area contributed by atoms with E-state index in [0.29, 0.717) is 12.6 Å². The van der Waals surface area contributed by atoms with Gasteiger partial charge < -0.3 is 20.1 Å². The van der Waals surface area contributed by atoms with Crippen LogP contribution in [-0.4, -0.2) is 63.9 Å². The van der Waals surface area contributed by atoms with Crippen LogP contribution < -0.4 is 15.4 Å². The lowest BCUT2D eigenvalue weighted by atomic mass is 10.0. The van der Waals surface area contributed by atoms with Gasteiger partial charge in [-0.05, 0) is 30.0 Å². The number of morpholine rings is 1. The molecule has 1 fully saturated rings. The van der Waals surface area contributed by atoms with Crippen LogP contribution in [0.15, 0.2) is 46.8 Å². The van der Waals surface area contributed by atoms with Gasteiger partial charge in [0.05, 0.1) is 26.4 Å². The van der Waals surface area contributed by atoms with E-state index in [4.69, 9.17) is 14.5 Å². The summed E-state index contributed by atoms with van der Waals surface area (Å²) in [5.41, 5.74) is 1.18. The molecule has 1 saturated heterocycles. The molecular weight excluding hydrogens is 396 g/mol. The van der Waals surface area contributed by atoms with E-state index < -0.39 is 0 Å². The lowest BCUT2D eigenvalue weighted by molar-refractivity contribution is 0.0177. The van der Waals surface area contributed by atoms with Crippen LogP contribution in [0, 0.1) is 0 Å². The van der Waals surface area contributed by atoms with E-state index in [1.54, 1.807) is 7.11 Å². The minimum atomic E-state index is 0.268. The maximum absolute atomic E-state index is 5.55. The average Bonchev–Trinajstić information content (AvgIpc) is 3.32. The summed E-state index contributed by atoms with van der Waals surface area (Å²) in [5, 5.41) is 9.11. The lowest BCUT2D eigenvalue weighted by Gasteiger charge is -2.34. The number of methoxy groups -OCH3 is 1. The average molecular weight is 431 g/mol. The van der Waals surface area contributed by atoms with Crippen molar-refractivity contribution in [3.8, 4) is 5.75 Å². The SMILES string of the molecule is CCNC(=NCC(C)c1ccccc1OC)NCC(c1cccs1)N1CCOCC1. The Balaban J connectivity index is 1.65. The van der Waals surface area contributed by atoms with Gasteiger partial charge >= 0.3 is 0 Å². The maximum Gasteiger partial charge on any atom is 0.191 e. The van der Waals surface area contributed by atoms with Gasteiger partial charge in [0.1, 0.15) is 5.75 Å². The molecule has 0 radical (unpaired) electrons. The summed E-state index contributed by atoms with van der Waals surface area (Å²) in [4.78, 5) is 8.74. The van der Waals surface area contributed by atoms with Crippen molar-refractivity contribution < 1.29 is 9.47 Å². The number of hydrogen-bond acceptors (Lipinski definition) is 5. The highest BCUT2D eigenvalue weighted by Crippen LogP contribution is 2.27. The summed E-state index contributed by atoms with van der Waals surface area (Å²) in [5.74, 6) is 2.04. The molecule has 1 aromatic carbocycles. The fraction of sp³-hybridized carbons (Fsp3) is 0.522. The van der Waals surface area contributed by atoms with E-state index in [1.807, 2.05) is 23.5 Å². The molecule has 3 rings (SSSR count). The number of thiophene rings is 1. The smallest absolute Gasteiger partial charge is 0.191 e. The van der Waals surface area contributed by atoms with E-state index in [1.165, 1.54) is 10.4 Å². The monoisotopic (exact) mass is 430 g/mol. The molecule has 1 aromatic heterocycles. The summed E-state index contributed by atoms with van der Waals surface area (Å²) in [6, 6.07) is 12.8. The lowest BCUT2D eigenvalue weighted by Crippen LogP contribution is -2.46. The first-order valence-electron chi connectivity index (χ1n) is 10.7. The minimum Gasteiger partial charge on any atom is -0.496 e. The summed E-state index contributed by atoms with van der Waals surface area (Å²) in [6.45, 7) is 10.1. The highest BCUT2D eigenvalue weighted by atomic mass is 32.1. The quantitative estimate of drug-likeness (QED) is 0.471. The zero-order valence-electron chi connectivity index (χ0n) is 18.3. The predicted octanol–water partition coefficient (Wildman–Crippen LogP) is 3.49. The molecule has 6 nitrogen and oxygen atoms in total. The first-order valence-corrected chi connectivity index (χ1v) is 11.6. The van der Waals surface area contributed by atoms with Crippen LogP contribution in [0.25, 0.3) is 0 Å². The number of hydrogen-bond donors (Lipinski definition) is 2. The largest absolute Gasteiger partial charge is 0.496 e. The molecule has 2 heterocycles. The van der Waals surface area contributed by atoms with Crippen molar-refractivity contribution in [2.24, 2.45) is 4.99 Å². The predicted molar refractivity (Wildman–Crippen MR) is 125 cm³/mol. The standard InChI is InChI=1S/C23H34N4O2S/c1-4-24-23(25-16-18(2)19-8-5-6-9-21(19)28-3)26-17-20(22-10-7-15-30-22)27-11-13-29-14-12-27/h5-10,15,18,20H,4,11-14,16-17H2,1-3H3,(H2,24,25,26). The van der Waals surface area contributed by atoms with Crippen LogP contribution in [0.4, 0.5) is 0 Å². The van der Waals surface area contributed by atoms with Crippen LogP contribution in [0.1, 0.15) is 36.2 Å². The zero-order chi connectivity index (χ0) is 21.2. The maximum atomic E-state index is 5.55. The van der Waals surface area contributed by atoms with Gasteiger partial charge in [-0.15, -0.1) is 11.3 Å². The van der Waals surface area contributed by atoms with Gasteiger partial charge in [-0.1, -0.05) is 31.2 Å². The van der Waals surface area contributed by atoms with Crippen LogP contribution in [-0.2, 0) is 4.74 Å². The van der Waals surface area contributed by atoms with Crippen molar-refractivity contribution in [3.05, 3.63) is 52.2 Å². The second kappa shape index (κ2) is 11.9. The van der Waals surface area contributed by atoms with Crippen LogP contribution in [0.2, 0.25) is 0 Å². The number of aliphatic imine (C=N–C) groups is 1. The number of guanidine groups is 1. The molecule has 2 aromatic rings. The molecule has 7 heteroatoms. The number of rotatable bonds is 9. The van der Waals surface area contributed by atoms with Gasteiger partial charge in [0.2, 0.25) is 0 Å². The highest BCUT2D eigenvalue weighted by molar-refractivity contribution is 7.10. The molecule has 0 spiro atoms. The van der Waals surface area contributed by atoms with Crippen molar-refractivity contribution in [2.45, 2.75) is 25.8 Å². The Bertz CT molecular complexity index is 775. The fourth-order valence-electron chi connectivity index (χ4n) is 3.71. The first kappa shape index (κ1) is 22.6. The Morgan fingerprint density at radius 3 is 2.70 bits per heavy atom. The highest BCUT2D eigenvalue weighted by Gasteiger charge is 2.23. The molecule has 2 unspecified atom stereocenters. The van der Waals surface area contributed by atoms with Gasteiger partial charge in [-0.2, -0.15) is 0 Å². The third-order valence-electron chi connectivity index (χ3n) is 5.36. The number of ether oxygens (including phenoxy) is 2. The summed E-state index contributed by atoms with van der Waals surface area (Å²) in [6.07, 6.45) is 0. The van der Waals surface area contributed by atoms with Crippen molar-refractivity contribution in [1.82, 2.24) is 15.5 Å². The zero-order valence-corrected chi connectivity index (χ0v) is 19.1. The summed E-state index contributed by atoms with van der Waals surface area (Å²) >= 11 is 1.81. The molecule has 0 bridgehead atoms. The third-order valence-corrected chi connectivity index (χ3v) is 6.33. The van der Waals surface area contributed by atoms with Gasteiger partial charge in [0.25, 0.3) is 0 Å². The Kier molecular flexibility index (Phi) is 8.99. The molecule has 0 amide bonds. The molecule has 0 aliphatic carbocycles. The Labute approximate surface area is 184 Å². The van der Waals surface area contributed by atoms with Crippen LogP contribution in [0.5, 0.6) is 5.75 Å². The Morgan fingerprint density at radius 2 is 2.00 bits per heavy atom. The van der Waals surface area contributed by atoms with E-state index in [-0.39, 0.29) is 5.92 Å². The van der Waals surface area contributed by atoms with Crippen LogP contribution in [0.3, 0.4) is 0 Å². The van der Waals surface area contributed by atoms with E-state index >= 15 is 0 Å². The second-order valence-electron chi connectivity index (χ2n) is 7.42. The third kappa shape index (κ3) is 6.20. The Morgan fingerprint density at radius 1 is 1.20 bits per heavy atom. The summed E-state index contributed by atoms with van der Waals surface area (Å²) < 4.78 is 11.1. The molecule has 1 aliphatic rings. The van der Waals surface area contributed by atoms with E-state index in [9.17, 15) is 0 Å². The second-order valence-corrected chi connectivity index (χ2v) is 8.40. The molecule has 2 N–H and O–H groups in total. The van der Waals surface area contributed by atoms with Crippen molar-refractivity contribution in [1.29, 1.82) is 0 Å². The topological polar surface area (TPSA) is 58.1 Å². The fourth-order valence-corrected chi connectivity index (χ4v) is 4.58. The number of benzene rings is 1.